The summed E-state index contributed by atoms with van der Waals surface area (Å²) in [6.45, 7) is -0.0611. The number of alkyl halides is 5. The van der Waals surface area contributed by atoms with Gasteiger partial charge in [-0.25, -0.2) is 4.39 Å². The van der Waals surface area contributed by atoms with Gasteiger partial charge in [0.15, 0.2) is 0 Å². The maximum atomic E-state index is 13.8. The van der Waals surface area contributed by atoms with Crippen LogP contribution in [0.5, 0.6) is 5.75 Å². The molecule has 0 fully saturated rings. The van der Waals surface area contributed by atoms with Crippen molar-refractivity contribution in [2.75, 3.05) is 0 Å². The molecule has 0 aromatic heterocycles. The van der Waals surface area contributed by atoms with E-state index in [1.807, 2.05) is 0 Å². The third-order valence-electron chi connectivity index (χ3n) is 3.16. The van der Waals surface area contributed by atoms with Crippen molar-refractivity contribution in [3.63, 3.8) is 0 Å². The van der Waals surface area contributed by atoms with E-state index in [0.717, 1.165) is 6.07 Å². The molecule has 0 N–H and O–H groups in total. The predicted octanol–water partition coefficient (Wildman–Crippen LogP) is 5.55. The number of ketones is 1. The molecule has 0 unspecified atom stereocenters. The third kappa shape index (κ3) is 3.97. The topological polar surface area (TPSA) is 26.3 Å². The lowest BCUT2D eigenvalue weighted by Crippen LogP contribution is -2.44. The number of rotatable bonds is 5. The van der Waals surface area contributed by atoms with Crippen molar-refractivity contribution >= 4 is 21.7 Å². The van der Waals surface area contributed by atoms with Crippen molar-refractivity contribution < 1.29 is 35.9 Å². The minimum absolute atomic E-state index is 0.0611. The summed E-state index contributed by atoms with van der Waals surface area (Å²) in [6.07, 6.45) is -6.14. The van der Waals surface area contributed by atoms with Crippen molar-refractivity contribution in [2.24, 2.45) is 0 Å². The lowest BCUT2D eigenvalue weighted by atomic mass is 10.0. The van der Waals surface area contributed by atoms with Gasteiger partial charge in [0, 0.05) is 0 Å². The van der Waals surface area contributed by atoms with Crippen LogP contribution in [-0.2, 0) is 6.61 Å². The Kier molecular flexibility index (Phi) is 5.46. The average Bonchev–Trinajstić information content (AvgIpc) is 2.54. The van der Waals surface area contributed by atoms with E-state index in [2.05, 4.69) is 15.9 Å². The number of hydrogen-bond donors (Lipinski definition) is 0. The van der Waals surface area contributed by atoms with Gasteiger partial charge in [-0.3, -0.25) is 4.79 Å². The number of hydrogen-bond acceptors (Lipinski definition) is 2. The monoisotopic (exact) mass is 426 g/mol. The first-order valence-electron chi connectivity index (χ1n) is 6.69. The predicted molar refractivity (Wildman–Crippen MR) is 80.2 cm³/mol. The number of carbonyl (C=O) groups excluding carboxylic acids is 1. The summed E-state index contributed by atoms with van der Waals surface area (Å²) in [5.41, 5.74) is -0.750. The van der Waals surface area contributed by atoms with Gasteiger partial charge in [0.1, 0.15) is 18.2 Å². The highest BCUT2D eigenvalue weighted by Gasteiger charge is 2.64. The maximum absolute atomic E-state index is 13.8. The molecule has 2 aromatic rings. The van der Waals surface area contributed by atoms with Gasteiger partial charge in [-0.05, 0) is 33.6 Å². The van der Waals surface area contributed by atoms with Crippen molar-refractivity contribution in [3.05, 3.63) is 63.9 Å². The second kappa shape index (κ2) is 7.07. The van der Waals surface area contributed by atoms with Crippen LogP contribution < -0.4 is 4.74 Å². The summed E-state index contributed by atoms with van der Waals surface area (Å²) in [5.74, 6) is -10.2. The van der Waals surface area contributed by atoms with Crippen molar-refractivity contribution in [3.8, 4) is 5.75 Å². The van der Waals surface area contributed by atoms with Crippen LogP contribution in [0, 0.1) is 5.82 Å². The fourth-order valence-electron chi connectivity index (χ4n) is 1.87. The molecule has 0 radical (unpaired) electrons. The van der Waals surface area contributed by atoms with E-state index in [0.29, 0.717) is 11.6 Å². The van der Waals surface area contributed by atoms with Gasteiger partial charge in [0.05, 0.1) is 10.0 Å². The Morgan fingerprint density at radius 1 is 1.00 bits per heavy atom. The average molecular weight is 427 g/mol. The summed E-state index contributed by atoms with van der Waals surface area (Å²) < 4.78 is 82.0. The first-order chi connectivity index (χ1) is 11.6. The molecule has 0 bridgehead atoms. The second-order valence-corrected chi connectivity index (χ2v) is 5.70. The van der Waals surface area contributed by atoms with Crippen molar-refractivity contribution in [1.82, 2.24) is 0 Å². The maximum Gasteiger partial charge on any atom is 0.461 e. The molecule has 0 saturated heterocycles. The van der Waals surface area contributed by atoms with Crippen LogP contribution in [0.15, 0.2) is 46.9 Å². The van der Waals surface area contributed by atoms with E-state index in [-0.39, 0.29) is 12.4 Å². The summed E-state index contributed by atoms with van der Waals surface area (Å²) >= 11 is 2.68. The number of benzene rings is 2. The van der Waals surface area contributed by atoms with Crippen LogP contribution in [0.25, 0.3) is 0 Å². The van der Waals surface area contributed by atoms with Gasteiger partial charge in [-0.15, -0.1) is 0 Å². The van der Waals surface area contributed by atoms with E-state index in [4.69, 9.17) is 4.74 Å². The van der Waals surface area contributed by atoms with Gasteiger partial charge >= 0.3 is 12.1 Å². The summed E-state index contributed by atoms with van der Waals surface area (Å²) in [7, 11) is 0. The molecule has 2 nitrogen and oxygen atoms in total. The van der Waals surface area contributed by atoms with Crippen LogP contribution in [0.2, 0.25) is 0 Å². The van der Waals surface area contributed by atoms with Crippen LogP contribution in [0.3, 0.4) is 0 Å². The number of Topliss-reactive ketones (excluding diaryl/α,β-unsaturated/α-hetero) is 1. The molecule has 2 rings (SSSR count). The zero-order chi connectivity index (χ0) is 18.8. The van der Waals surface area contributed by atoms with Gasteiger partial charge in [-0.1, -0.05) is 30.3 Å². The van der Waals surface area contributed by atoms with Crippen molar-refractivity contribution in [2.45, 2.75) is 18.7 Å². The smallest absolute Gasteiger partial charge is 0.461 e. The van der Waals surface area contributed by atoms with E-state index >= 15 is 0 Å². The number of carbonyl (C=O) groups is 1. The van der Waals surface area contributed by atoms with Gasteiger partial charge in [0.2, 0.25) is 5.78 Å². The highest BCUT2D eigenvalue weighted by atomic mass is 79.9. The number of halogens is 7. The van der Waals surface area contributed by atoms with Crippen LogP contribution in [-0.4, -0.2) is 17.9 Å². The molecule has 2 aromatic carbocycles. The Bertz CT molecular complexity index is 774. The van der Waals surface area contributed by atoms with E-state index < -0.39 is 33.7 Å². The summed E-state index contributed by atoms with van der Waals surface area (Å²) in [4.78, 5) is 11.6. The van der Waals surface area contributed by atoms with Gasteiger partial charge < -0.3 is 4.74 Å². The summed E-state index contributed by atoms with van der Waals surface area (Å²) in [5, 5.41) is 0. The minimum Gasteiger partial charge on any atom is -0.488 e. The van der Waals surface area contributed by atoms with Gasteiger partial charge in [-0.2, -0.15) is 22.0 Å². The highest BCUT2D eigenvalue weighted by Crippen LogP contribution is 2.41. The molecule has 0 heterocycles. The molecule has 0 aliphatic rings. The molecular weight excluding hydrogens is 418 g/mol. The van der Waals surface area contributed by atoms with E-state index in [9.17, 15) is 31.1 Å². The largest absolute Gasteiger partial charge is 0.488 e. The lowest BCUT2D eigenvalue weighted by molar-refractivity contribution is -0.255. The molecule has 9 heteroatoms. The molecule has 25 heavy (non-hydrogen) atoms. The molecule has 0 spiro atoms. The first-order valence-corrected chi connectivity index (χ1v) is 7.49. The molecule has 0 aliphatic carbocycles. The molecule has 0 saturated carbocycles. The van der Waals surface area contributed by atoms with E-state index in [1.165, 1.54) is 0 Å². The molecule has 0 atom stereocenters. The van der Waals surface area contributed by atoms with Crippen LogP contribution >= 0.6 is 15.9 Å². The first kappa shape index (κ1) is 19.3. The quantitative estimate of drug-likeness (QED) is 0.462. The van der Waals surface area contributed by atoms with Crippen LogP contribution in [0.1, 0.15) is 15.9 Å². The zero-order valence-corrected chi connectivity index (χ0v) is 13.8. The third-order valence-corrected chi connectivity index (χ3v) is 3.95. The van der Waals surface area contributed by atoms with Gasteiger partial charge in [0.25, 0.3) is 0 Å². The normalized spacial score (nSPS) is 12.1. The minimum atomic E-state index is -6.14. The molecule has 0 amide bonds. The Labute approximate surface area is 146 Å². The Balaban J connectivity index is 2.35. The standard InChI is InChI=1S/C16H9BrF6O2/c17-13-11(25-8-9-4-2-1-3-5-9)7-6-10(18)12(13)14(24)15(19,20)16(21,22)23/h1-7H,8H2. The zero-order valence-electron chi connectivity index (χ0n) is 12.2. The number of ether oxygens (including phenoxy) is 1. The fourth-order valence-corrected chi connectivity index (χ4v) is 2.49. The Morgan fingerprint density at radius 3 is 2.16 bits per heavy atom. The lowest BCUT2D eigenvalue weighted by Gasteiger charge is -2.20. The Hall–Kier alpha value is -2.03. The molecule has 0 aliphatic heterocycles. The van der Waals surface area contributed by atoms with Crippen LogP contribution in [0.4, 0.5) is 26.3 Å². The van der Waals surface area contributed by atoms with E-state index in [1.54, 1.807) is 30.3 Å². The molecular formula is C16H9BrF6O2. The highest BCUT2D eigenvalue weighted by molar-refractivity contribution is 9.10. The Morgan fingerprint density at radius 2 is 1.60 bits per heavy atom. The second-order valence-electron chi connectivity index (χ2n) is 4.91. The SMILES string of the molecule is O=C(c1c(F)ccc(OCc2ccccc2)c1Br)C(F)(F)C(F)(F)F. The summed E-state index contributed by atoms with van der Waals surface area (Å²) in [6, 6.07) is 10.1. The fraction of sp³-hybridized carbons (Fsp3) is 0.188. The van der Waals surface area contributed by atoms with Crippen molar-refractivity contribution in [1.29, 1.82) is 0 Å². The molecule has 134 valence electrons.